The highest BCUT2D eigenvalue weighted by molar-refractivity contribution is 5.17. The molecule has 1 aromatic carbocycles. The quantitative estimate of drug-likeness (QED) is 0.899. The standard InChI is InChI=1S/C15H19FN2O/c1-11(2)18-8-7-14(17-18)10-15(19)9-12-3-5-13(16)6-4-12/h3-8,11,15,19H,9-10H2,1-2H3. The molecule has 0 aliphatic carbocycles. The first kappa shape index (κ1) is 13.7. The summed E-state index contributed by atoms with van der Waals surface area (Å²) >= 11 is 0. The molecule has 1 unspecified atom stereocenters. The summed E-state index contributed by atoms with van der Waals surface area (Å²) in [6.45, 7) is 4.12. The van der Waals surface area contributed by atoms with Gasteiger partial charge in [0.1, 0.15) is 5.82 Å². The Hall–Kier alpha value is -1.68. The van der Waals surface area contributed by atoms with Gasteiger partial charge < -0.3 is 5.11 Å². The molecule has 2 aromatic rings. The molecule has 102 valence electrons. The number of hydrogen-bond acceptors (Lipinski definition) is 2. The zero-order chi connectivity index (χ0) is 13.8. The number of halogens is 1. The van der Waals surface area contributed by atoms with E-state index in [1.807, 2.05) is 16.9 Å². The van der Waals surface area contributed by atoms with E-state index in [2.05, 4.69) is 18.9 Å². The Morgan fingerprint density at radius 3 is 2.42 bits per heavy atom. The second kappa shape index (κ2) is 5.97. The summed E-state index contributed by atoms with van der Waals surface area (Å²) in [5.74, 6) is -0.256. The first-order valence-electron chi connectivity index (χ1n) is 6.51. The Balaban J connectivity index is 1.93. The number of aliphatic hydroxyl groups excluding tert-OH is 1. The van der Waals surface area contributed by atoms with Crippen LogP contribution in [-0.4, -0.2) is 21.0 Å². The van der Waals surface area contributed by atoms with Crippen LogP contribution in [0, 0.1) is 5.82 Å². The van der Waals surface area contributed by atoms with Gasteiger partial charge in [-0.1, -0.05) is 12.1 Å². The average molecular weight is 262 g/mol. The summed E-state index contributed by atoms with van der Waals surface area (Å²) in [6, 6.07) is 8.47. The van der Waals surface area contributed by atoms with Gasteiger partial charge in [0.25, 0.3) is 0 Å². The fraction of sp³-hybridized carbons (Fsp3) is 0.400. The van der Waals surface area contributed by atoms with Gasteiger partial charge in [0, 0.05) is 18.7 Å². The van der Waals surface area contributed by atoms with E-state index in [0.717, 1.165) is 11.3 Å². The molecule has 0 spiro atoms. The zero-order valence-corrected chi connectivity index (χ0v) is 11.3. The van der Waals surface area contributed by atoms with Crippen LogP contribution in [0.4, 0.5) is 4.39 Å². The van der Waals surface area contributed by atoms with Gasteiger partial charge in [0.05, 0.1) is 11.8 Å². The minimum absolute atomic E-state index is 0.256. The molecule has 19 heavy (non-hydrogen) atoms. The lowest BCUT2D eigenvalue weighted by molar-refractivity contribution is 0.174. The van der Waals surface area contributed by atoms with E-state index in [4.69, 9.17) is 0 Å². The topological polar surface area (TPSA) is 38.0 Å². The van der Waals surface area contributed by atoms with E-state index in [9.17, 15) is 9.50 Å². The van der Waals surface area contributed by atoms with Crippen molar-refractivity contribution >= 4 is 0 Å². The molecule has 4 heteroatoms. The minimum atomic E-state index is -0.499. The third-order valence-electron chi connectivity index (χ3n) is 3.02. The van der Waals surface area contributed by atoms with Crippen molar-refractivity contribution in [3.05, 3.63) is 53.6 Å². The van der Waals surface area contributed by atoms with Gasteiger partial charge in [-0.2, -0.15) is 5.10 Å². The van der Waals surface area contributed by atoms with Crippen LogP contribution >= 0.6 is 0 Å². The Morgan fingerprint density at radius 2 is 1.84 bits per heavy atom. The number of benzene rings is 1. The largest absolute Gasteiger partial charge is 0.392 e. The van der Waals surface area contributed by atoms with Crippen molar-refractivity contribution in [3.8, 4) is 0 Å². The Labute approximate surface area is 112 Å². The first-order valence-corrected chi connectivity index (χ1v) is 6.51. The Bertz CT molecular complexity index is 519. The maximum atomic E-state index is 12.8. The van der Waals surface area contributed by atoms with E-state index in [-0.39, 0.29) is 5.82 Å². The van der Waals surface area contributed by atoms with Crippen LogP contribution in [0.1, 0.15) is 31.1 Å². The number of aliphatic hydroxyl groups is 1. The van der Waals surface area contributed by atoms with Gasteiger partial charge >= 0.3 is 0 Å². The molecule has 1 N–H and O–H groups in total. The van der Waals surface area contributed by atoms with Crippen molar-refractivity contribution in [1.29, 1.82) is 0 Å². The van der Waals surface area contributed by atoms with Crippen molar-refractivity contribution in [3.63, 3.8) is 0 Å². The number of rotatable bonds is 5. The molecular weight excluding hydrogens is 243 g/mol. The SMILES string of the molecule is CC(C)n1ccc(CC(O)Cc2ccc(F)cc2)n1. The van der Waals surface area contributed by atoms with Crippen LogP contribution in [0.3, 0.4) is 0 Å². The third kappa shape index (κ3) is 3.89. The molecule has 0 radical (unpaired) electrons. The molecule has 3 nitrogen and oxygen atoms in total. The molecular formula is C15H19FN2O. The number of aromatic nitrogens is 2. The second-order valence-corrected chi connectivity index (χ2v) is 5.07. The van der Waals surface area contributed by atoms with Gasteiger partial charge in [-0.05, 0) is 44.0 Å². The highest BCUT2D eigenvalue weighted by atomic mass is 19.1. The molecule has 2 rings (SSSR count). The monoisotopic (exact) mass is 262 g/mol. The predicted molar refractivity (Wildman–Crippen MR) is 72.4 cm³/mol. The average Bonchev–Trinajstić information content (AvgIpc) is 2.80. The Kier molecular flexibility index (Phi) is 4.32. The molecule has 0 saturated carbocycles. The van der Waals surface area contributed by atoms with Crippen molar-refractivity contribution in [2.75, 3.05) is 0 Å². The number of nitrogens with zero attached hydrogens (tertiary/aromatic N) is 2. The van der Waals surface area contributed by atoms with E-state index >= 15 is 0 Å². The molecule has 1 atom stereocenters. The number of hydrogen-bond donors (Lipinski definition) is 1. The van der Waals surface area contributed by atoms with E-state index in [0.29, 0.717) is 18.9 Å². The van der Waals surface area contributed by atoms with Crippen LogP contribution in [-0.2, 0) is 12.8 Å². The van der Waals surface area contributed by atoms with Crippen LogP contribution < -0.4 is 0 Å². The predicted octanol–water partition coefficient (Wildman–Crippen LogP) is 2.75. The lowest BCUT2D eigenvalue weighted by Gasteiger charge is -2.09. The molecule has 0 bridgehead atoms. The summed E-state index contributed by atoms with van der Waals surface area (Å²) in [7, 11) is 0. The maximum Gasteiger partial charge on any atom is 0.123 e. The molecule has 0 saturated heterocycles. The fourth-order valence-electron chi connectivity index (χ4n) is 1.98. The minimum Gasteiger partial charge on any atom is -0.392 e. The molecule has 1 heterocycles. The van der Waals surface area contributed by atoms with Gasteiger partial charge in [-0.15, -0.1) is 0 Å². The molecule has 0 fully saturated rings. The lowest BCUT2D eigenvalue weighted by atomic mass is 10.0. The summed E-state index contributed by atoms with van der Waals surface area (Å²) in [4.78, 5) is 0. The highest BCUT2D eigenvalue weighted by Crippen LogP contribution is 2.10. The first-order chi connectivity index (χ1) is 9.04. The summed E-state index contributed by atoms with van der Waals surface area (Å²) in [5, 5.41) is 14.4. The second-order valence-electron chi connectivity index (χ2n) is 5.07. The van der Waals surface area contributed by atoms with Crippen LogP contribution in [0.5, 0.6) is 0 Å². The molecule has 1 aromatic heterocycles. The zero-order valence-electron chi connectivity index (χ0n) is 11.3. The van der Waals surface area contributed by atoms with E-state index in [1.165, 1.54) is 12.1 Å². The molecule has 0 aliphatic heterocycles. The van der Waals surface area contributed by atoms with Gasteiger partial charge in [0.2, 0.25) is 0 Å². The van der Waals surface area contributed by atoms with Gasteiger partial charge in [-0.25, -0.2) is 4.39 Å². The summed E-state index contributed by atoms with van der Waals surface area (Å²) in [5.41, 5.74) is 1.81. The van der Waals surface area contributed by atoms with Crippen LogP contribution in [0.2, 0.25) is 0 Å². The third-order valence-corrected chi connectivity index (χ3v) is 3.02. The van der Waals surface area contributed by atoms with Crippen molar-refractivity contribution in [2.45, 2.75) is 38.8 Å². The van der Waals surface area contributed by atoms with Gasteiger partial charge in [0.15, 0.2) is 0 Å². The lowest BCUT2D eigenvalue weighted by Crippen LogP contribution is -2.14. The normalized spacial score (nSPS) is 12.9. The fourth-order valence-corrected chi connectivity index (χ4v) is 1.98. The van der Waals surface area contributed by atoms with E-state index < -0.39 is 6.10 Å². The smallest absolute Gasteiger partial charge is 0.123 e. The molecule has 0 amide bonds. The van der Waals surface area contributed by atoms with Crippen molar-refractivity contribution in [2.24, 2.45) is 0 Å². The van der Waals surface area contributed by atoms with Crippen molar-refractivity contribution in [1.82, 2.24) is 9.78 Å². The van der Waals surface area contributed by atoms with Gasteiger partial charge in [-0.3, -0.25) is 4.68 Å². The summed E-state index contributed by atoms with van der Waals surface area (Å²) in [6.07, 6.45) is 2.44. The Morgan fingerprint density at radius 1 is 1.16 bits per heavy atom. The summed E-state index contributed by atoms with van der Waals surface area (Å²) < 4.78 is 14.6. The molecule has 0 aliphatic rings. The van der Waals surface area contributed by atoms with Crippen LogP contribution in [0.15, 0.2) is 36.5 Å². The maximum absolute atomic E-state index is 12.8. The highest BCUT2D eigenvalue weighted by Gasteiger charge is 2.10. The van der Waals surface area contributed by atoms with Crippen molar-refractivity contribution < 1.29 is 9.50 Å². The van der Waals surface area contributed by atoms with Crippen LogP contribution in [0.25, 0.3) is 0 Å². The van der Waals surface area contributed by atoms with E-state index in [1.54, 1.807) is 12.1 Å².